The SMILES string of the molecule is COc1cc(C(=O)NCC(=O)N/N=C\c2ccc(C)cc2O)cc(OC)c1OC. The molecule has 0 aliphatic heterocycles. The number of rotatable bonds is 8. The van der Waals surface area contributed by atoms with E-state index in [-0.39, 0.29) is 17.9 Å². The number of hydrogen-bond acceptors (Lipinski definition) is 7. The normalized spacial score (nSPS) is 10.5. The molecule has 154 valence electrons. The molecule has 0 saturated carbocycles. The Kier molecular flexibility index (Phi) is 7.41. The van der Waals surface area contributed by atoms with E-state index in [0.29, 0.717) is 22.8 Å². The number of carbonyl (C=O) groups excluding carboxylic acids is 2. The Morgan fingerprint density at radius 1 is 1.07 bits per heavy atom. The first-order valence-corrected chi connectivity index (χ1v) is 8.59. The van der Waals surface area contributed by atoms with Crippen LogP contribution in [0.2, 0.25) is 0 Å². The van der Waals surface area contributed by atoms with Crippen molar-refractivity contribution in [3.8, 4) is 23.0 Å². The van der Waals surface area contributed by atoms with Crippen molar-refractivity contribution in [1.82, 2.24) is 10.7 Å². The molecule has 29 heavy (non-hydrogen) atoms. The Morgan fingerprint density at radius 2 is 1.72 bits per heavy atom. The lowest BCUT2D eigenvalue weighted by atomic mass is 10.1. The summed E-state index contributed by atoms with van der Waals surface area (Å²) in [5, 5.41) is 16.0. The van der Waals surface area contributed by atoms with Crippen LogP contribution in [0.4, 0.5) is 0 Å². The maximum atomic E-state index is 12.3. The van der Waals surface area contributed by atoms with Gasteiger partial charge in [-0.15, -0.1) is 0 Å². The minimum atomic E-state index is -0.534. The first-order chi connectivity index (χ1) is 13.9. The van der Waals surface area contributed by atoms with E-state index in [1.807, 2.05) is 6.92 Å². The van der Waals surface area contributed by atoms with E-state index in [2.05, 4.69) is 15.8 Å². The number of carbonyl (C=O) groups is 2. The molecule has 9 heteroatoms. The summed E-state index contributed by atoms with van der Waals surface area (Å²) in [6.07, 6.45) is 1.31. The third kappa shape index (κ3) is 5.61. The van der Waals surface area contributed by atoms with Crippen LogP contribution in [0, 0.1) is 6.92 Å². The zero-order valence-corrected chi connectivity index (χ0v) is 16.6. The fourth-order valence-electron chi connectivity index (χ4n) is 2.45. The van der Waals surface area contributed by atoms with E-state index < -0.39 is 11.8 Å². The highest BCUT2D eigenvalue weighted by molar-refractivity contribution is 5.97. The summed E-state index contributed by atoms with van der Waals surface area (Å²) in [6.45, 7) is 1.55. The number of hydrogen-bond donors (Lipinski definition) is 3. The number of nitrogens with zero attached hydrogens (tertiary/aromatic N) is 1. The number of ether oxygens (including phenoxy) is 3. The van der Waals surface area contributed by atoms with Gasteiger partial charge in [0.25, 0.3) is 11.8 Å². The summed E-state index contributed by atoms with van der Waals surface area (Å²) in [6, 6.07) is 8.02. The van der Waals surface area contributed by atoms with Gasteiger partial charge in [-0.2, -0.15) is 5.10 Å². The van der Waals surface area contributed by atoms with Gasteiger partial charge in [0.1, 0.15) is 5.75 Å². The number of benzene rings is 2. The Bertz CT molecular complexity index is 901. The fraction of sp³-hybridized carbons (Fsp3) is 0.250. The molecule has 0 aliphatic carbocycles. The Balaban J connectivity index is 1.96. The van der Waals surface area contributed by atoms with E-state index >= 15 is 0 Å². The van der Waals surface area contributed by atoms with Crippen molar-refractivity contribution in [1.29, 1.82) is 0 Å². The molecule has 0 aromatic heterocycles. The van der Waals surface area contributed by atoms with Crippen LogP contribution in [0.15, 0.2) is 35.4 Å². The van der Waals surface area contributed by atoms with Gasteiger partial charge in [0.2, 0.25) is 5.75 Å². The van der Waals surface area contributed by atoms with Gasteiger partial charge in [-0.3, -0.25) is 9.59 Å². The monoisotopic (exact) mass is 401 g/mol. The van der Waals surface area contributed by atoms with E-state index in [1.54, 1.807) is 18.2 Å². The summed E-state index contributed by atoms with van der Waals surface area (Å²) in [5.41, 5.74) is 3.87. The molecular weight excluding hydrogens is 378 g/mol. The molecule has 0 saturated heterocycles. The topological polar surface area (TPSA) is 118 Å². The maximum Gasteiger partial charge on any atom is 0.259 e. The Morgan fingerprint density at radius 3 is 2.28 bits per heavy atom. The maximum absolute atomic E-state index is 12.3. The number of aromatic hydroxyl groups is 1. The molecule has 2 amide bonds. The average Bonchev–Trinajstić information content (AvgIpc) is 2.72. The molecule has 2 aromatic carbocycles. The highest BCUT2D eigenvalue weighted by atomic mass is 16.5. The van der Waals surface area contributed by atoms with Crippen LogP contribution in [0.25, 0.3) is 0 Å². The van der Waals surface area contributed by atoms with E-state index in [4.69, 9.17) is 14.2 Å². The van der Waals surface area contributed by atoms with E-state index in [9.17, 15) is 14.7 Å². The number of nitrogens with one attached hydrogen (secondary N) is 2. The van der Waals surface area contributed by atoms with Crippen LogP contribution in [-0.2, 0) is 4.79 Å². The van der Waals surface area contributed by atoms with Crippen LogP contribution in [0.5, 0.6) is 23.0 Å². The number of hydrazone groups is 1. The molecular formula is C20H23N3O6. The lowest BCUT2D eigenvalue weighted by Crippen LogP contribution is -2.34. The van der Waals surface area contributed by atoms with Crippen LogP contribution >= 0.6 is 0 Å². The molecule has 0 spiro atoms. The first-order valence-electron chi connectivity index (χ1n) is 8.59. The van der Waals surface area contributed by atoms with Crippen molar-refractivity contribution in [2.75, 3.05) is 27.9 Å². The number of amides is 2. The van der Waals surface area contributed by atoms with E-state index in [1.165, 1.54) is 39.7 Å². The van der Waals surface area contributed by atoms with Crippen LogP contribution in [-0.4, -0.2) is 51.0 Å². The molecule has 0 radical (unpaired) electrons. The van der Waals surface area contributed by atoms with E-state index in [0.717, 1.165) is 5.56 Å². The van der Waals surface area contributed by atoms with Crippen molar-refractivity contribution in [3.63, 3.8) is 0 Å². The van der Waals surface area contributed by atoms with Gasteiger partial charge < -0.3 is 24.6 Å². The van der Waals surface area contributed by atoms with Gasteiger partial charge in [-0.1, -0.05) is 6.07 Å². The molecule has 0 fully saturated rings. The van der Waals surface area contributed by atoms with Crippen LogP contribution < -0.4 is 25.0 Å². The lowest BCUT2D eigenvalue weighted by Gasteiger charge is -2.14. The minimum absolute atomic E-state index is 0.0544. The zero-order valence-electron chi connectivity index (χ0n) is 16.6. The average molecular weight is 401 g/mol. The number of aryl methyl sites for hydroxylation is 1. The number of phenolic OH excluding ortho intramolecular Hbond substituents is 1. The van der Waals surface area contributed by atoms with Crippen molar-refractivity contribution < 1.29 is 28.9 Å². The van der Waals surface area contributed by atoms with Gasteiger partial charge in [0.15, 0.2) is 11.5 Å². The molecule has 2 aromatic rings. The molecule has 0 atom stereocenters. The zero-order chi connectivity index (χ0) is 21.4. The minimum Gasteiger partial charge on any atom is -0.507 e. The molecule has 9 nitrogen and oxygen atoms in total. The molecule has 2 rings (SSSR count). The Hall–Kier alpha value is -3.75. The van der Waals surface area contributed by atoms with Crippen molar-refractivity contribution in [3.05, 3.63) is 47.0 Å². The number of phenols is 1. The van der Waals surface area contributed by atoms with Gasteiger partial charge in [-0.05, 0) is 36.8 Å². The van der Waals surface area contributed by atoms with Crippen molar-refractivity contribution in [2.24, 2.45) is 5.10 Å². The second kappa shape index (κ2) is 9.98. The van der Waals surface area contributed by atoms with Crippen molar-refractivity contribution in [2.45, 2.75) is 6.92 Å². The summed E-state index contributed by atoms with van der Waals surface area (Å²) >= 11 is 0. The third-order valence-corrected chi connectivity index (χ3v) is 3.92. The molecule has 3 N–H and O–H groups in total. The van der Waals surface area contributed by atoms with Crippen LogP contribution in [0.3, 0.4) is 0 Å². The molecule has 0 bridgehead atoms. The third-order valence-electron chi connectivity index (χ3n) is 3.92. The quantitative estimate of drug-likeness (QED) is 0.457. The molecule has 0 aliphatic rings. The lowest BCUT2D eigenvalue weighted by molar-refractivity contribution is -0.120. The highest BCUT2D eigenvalue weighted by Crippen LogP contribution is 2.38. The second-order valence-electron chi connectivity index (χ2n) is 5.95. The standard InChI is InChI=1S/C20H23N3O6/c1-12-5-6-13(15(24)7-12)10-22-23-18(25)11-21-20(26)14-8-16(27-2)19(29-4)17(9-14)28-3/h5-10,24H,11H2,1-4H3,(H,21,26)(H,23,25)/b22-10-. The van der Waals surface area contributed by atoms with Gasteiger partial charge >= 0.3 is 0 Å². The van der Waals surface area contributed by atoms with Gasteiger partial charge in [-0.25, -0.2) is 5.43 Å². The van der Waals surface area contributed by atoms with Crippen LogP contribution in [0.1, 0.15) is 21.5 Å². The van der Waals surface area contributed by atoms with Gasteiger partial charge in [0, 0.05) is 11.1 Å². The Labute approximate surface area is 168 Å². The summed E-state index contributed by atoms with van der Waals surface area (Å²) < 4.78 is 15.6. The second-order valence-corrected chi connectivity index (χ2v) is 5.95. The predicted octanol–water partition coefficient (Wildman–Crippen LogP) is 1.61. The summed E-state index contributed by atoms with van der Waals surface area (Å²) in [7, 11) is 4.34. The molecule has 0 unspecified atom stereocenters. The highest BCUT2D eigenvalue weighted by Gasteiger charge is 2.17. The predicted molar refractivity (Wildman–Crippen MR) is 107 cm³/mol. The largest absolute Gasteiger partial charge is 0.507 e. The summed E-state index contributed by atoms with van der Waals surface area (Å²) in [4.78, 5) is 24.2. The smallest absolute Gasteiger partial charge is 0.259 e. The number of methoxy groups -OCH3 is 3. The van der Waals surface area contributed by atoms with Crippen molar-refractivity contribution >= 4 is 18.0 Å². The fourth-order valence-corrected chi connectivity index (χ4v) is 2.45. The molecule has 0 heterocycles. The van der Waals surface area contributed by atoms with Gasteiger partial charge in [0.05, 0.1) is 34.1 Å². The first kappa shape index (κ1) is 21.5. The summed E-state index contributed by atoms with van der Waals surface area (Å²) in [5.74, 6) is 0.0257.